The van der Waals surface area contributed by atoms with E-state index in [4.69, 9.17) is 4.42 Å². The molecule has 0 spiro atoms. The summed E-state index contributed by atoms with van der Waals surface area (Å²) in [5.41, 5.74) is 19.5. The van der Waals surface area contributed by atoms with Gasteiger partial charge in [0, 0.05) is 59.1 Å². The second-order valence-corrected chi connectivity index (χ2v) is 19.3. The maximum Gasteiger partial charge on any atom is 0.143 e. The van der Waals surface area contributed by atoms with Gasteiger partial charge in [-0.25, -0.2) is 0 Å². The Balaban J connectivity index is 0.880. The number of hydrogen-bond acceptors (Lipinski definition) is 3. The topological polar surface area (TPSA) is 16.4 Å². The van der Waals surface area contributed by atoms with E-state index in [0.717, 1.165) is 50.1 Å². The van der Waals surface area contributed by atoms with Crippen molar-refractivity contribution in [3.63, 3.8) is 0 Å². The van der Waals surface area contributed by atoms with Crippen LogP contribution in [0.2, 0.25) is 0 Å². The highest BCUT2D eigenvalue weighted by molar-refractivity contribution is 7.27. The van der Waals surface area contributed by atoms with Gasteiger partial charge in [-0.3, -0.25) is 0 Å². The minimum absolute atomic E-state index is 0.436. The molecule has 0 saturated carbocycles. The van der Waals surface area contributed by atoms with Crippen molar-refractivity contribution in [1.82, 2.24) is 0 Å². The standard InChI is InChI=1S/C67H43NOS/c1-4-16-44(17-5-1)45-30-36-50(37-31-45)68(51-38-32-46(33-39-51)53-24-14-26-56-55-22-11-13-29-62(55)69-64(53)56)52-40-34-47(35-41-52)54-25-15-27-57-58-42-43-61-63(66(58)70-65(54)57)59-23-10-12-28-60(59)67(61,48-18-6-2-7-19-48)49-20-8-3-9-21-49/h1-43H. The van der Waals surface area contributed by atoms with Crippen molar-refractivity contribution in [3.8, 4) is 44.5 Å². The van der Waals surface area contributed by atoms with Gasteiger partial charge in [-0.1, -0.05) is 218 Å². The van der Waals surface area contributed by atoms with Crippen molar-refractivity contribution in [2.24, 2.45) is 0 Å². The summed E-state index contributed by atoms with van der Waals surface area (Å²) in [5, 5.41) is 4.86. The molecule has 0 aliphatic heterocycles. The number of rotatable bonds is 8. The summed E-state index contributed by atoms with van der Waals surface area (Å²) < 4.78 is 9.10. The predicted octanol–water partition coefficient (Wildman–Crippen LogP) is 18.8. The van der Waals surface area contributed by atoms with Crippen LogP contribution in [0.15, 0.2) is 265 Å². The second-order valence-electron chi connectivity index (χ2n) is 18.3. The van der Waals surface area contributed by atoms with Gasteiger partial charge in [0.1, 0.15) is 11.2 Å². The molecule has 0 saturated heterocycles. The van der Waals surface area contributed by atoms with Gasteiger partial charge in [0.15, 0.2) is 0 Å². The molecule has 11 aromatic carbocycles. The number of hydrogen-bond donors (Lipinski definition) is 0. The van der Waals surface area contributed by atoms with Crippen LogP contribution in [-0.2, 0) is 5.41 Å². The van der Waals surface area contributed by atoms with Gasteiger partial charge in [-0.15, -0.1) is 11.3 Å². The summed E-state index contributed by atoms with van der Waals surface area (Å²) in [6.07, 6.45) is 0. The van der Waals surface area contributed by atoms with E-state index >= 15 is 0 Å². The lowest BCUT2D eigenvalue weighted by Crippen LogP contribution is -2.28. The Morgan fingerprint density at radius 1 is 0.314 bits per heavy atom. The first-order valence-corrected chi connectivity index (χ1v) is 24.8. The SMILES string of the molecule is c1ccc(-c2ccc(N(c3ccc(-c4cccc5c4oc4ccccc45)cc3)c3ccc(-c4cccc5c4sc4c6c(ccc45)C(c4ccccc4)(c4ccccc4)c4ccccc4-6)cc3)cc2)cc1. The number of benzene rings is 11. The Labute approximate surface area is 410 Å². The van der Waals surface area contributed by atoms with Crippen LogP contribution in [0.1, 0.15) is 22.3 Å². The number of para-hydroxylation sites is 2. The first kappa shape index (κ1) is 40.3. The van der Waals surface area contributed by atoms with Crippen LogP contribution in [0.3, 0.4) is 0 Å². The van der Waals surface area contributed by atoms with Gasteiger partial charge < -0.3 is 9.32 Å². The monoisotopic (exact) mass is 909 g/mol. The van der Waals surface area contributed by atoms with Gasteiger partial charge in [-0.05, 0) is 98.1 Å². The average Bonchev–Trinajstić information content (AvgIpc) is 4.11. The van der Waals surface area contributed by atoms with E-state index in [0.29, 0.717) is 0 Å². The van der Waals surface area contributed by atoms with Crippen LogP contribution >= 0.6 is 11.3 Å². The number of fused-ring (bicyclic) bond motifs is 10. The normalized spacial score (nSPS) is 12.7. The maximum absolute atomic E-state index is 6.46. The highest BCUT2D eigenvalue weighted by atomic mass is 32.1. The van der Waals surface area contributed by atoms with E-state index in [9.17, 15) is 0 Å². The van der Waals surface area contributed by atoms with Crippen molar-refractivity contribution in [2.75, 3.05) is 4.90 Å². The lowest BCUT2D eigenvalue weighted by molar-refractivity contribution is 0.670. The molecule has 1 aliphatic carbocycles. The molecule has 0 amide bonds. The zero-order valence-corrected chi connectivity index (χ0v) is 38.9. The molecule has 14 rings (SSSR count). The fourth-order valence-corrected chi connectivity index (χ4v) is 12.8. The Morgan fingerprint density at radius 2 is 0.800 bits per heavy atom. The van der Waals surface area contributed by atoms with Crippen LogP contribution < -0.4 is 4.90 Å². The maximum atomic E-state index is 6.46. The van der Waals surface area contributed by atoms with Crippen molar-refractivity contribution >= 4 is 70.5 Å². The van der Waals surface area contributed by atoms with E-state index in [1.807, 2.05) is 23.5 Å². The average molecular weight is 910 g/mol. The summed E-state index contributed by atoms with van der Waals surface area (Å²) >= 11 is 1.93. The first-order chi connectivity index (χ1) is 34.7. The van der Waals surface area contributed by atoms with Gasteiger partial charge >= 0.3 is 0 Å². The van der Waals surface area contributed by atoms with Crippen molar-refractivity contribution in [2.45, 2.75) is 5.41 Å². The molecular formula is C67H43NOS. The molecule has 2 aromatic heterocycles. The van der Waals surface area contributed by atoms with Crippen LogP contribution in [0.4, 0.5) is 17.1 Å². The van der Waals surface area contributed by atoms with E-state index in [1.54, 1.807) is 0 Å². The summed E-state index contributed by atoms with van der Waals surface area (Å²) in [6.45, 7) is 0. The molecule has 0 bridgehead atoms. The Hall–Kier alpha value is -8.76. The Kier molecular flexibility index (Phi) is 9.33. The molecule has 328 valence electrons. The minimum Gasteiger partial charge on any atom is -0.455 e. The number of nitrogens with zero attached hydrogens (tertiary/aromatic N) is 1. The molecule has 0 N–H and O–H groups in total. The fourth-order valence-electron chi connectivity index (χ4n) is 11.4. The van der Waals surface area contributed by atoms with Crippen LogP contribution in [0.25, 0.3) is 86.6 Å². The third-order valence-electron chi connectivity index (χ3n) is 14.6. The zero-order chi connectivity index (χ0) is 46.2. The van der Waals surface area contributed by atoms with Crippen LogP contribution in [0.5, 0.6) is 0 Å². The molecule has 2 nitrogen and oxygen atoms in total. The van der Waals surface area contributed by atoms with E-state index in [-0.39, 0.29) is 0 Å². The molecule has 0 fully saturated rings. The minimum atomic E-state index is -0.436. The zero-order valence-electron chi connectivity index (χ0n) is 38.1. The molecule has 2 heterocycles. The molecule has 3 heteroatoms. The van der Waals surface area contributed by atoms with Gasteiger partial charge in [0.05, 0.1) is 5.41 Å². The van der Waals surface area contributed by atoms with Gasteiger partial charge in [0.25, 0.3) is 0 Å². The smallest absolute Gasteiger partial charge is 0.143 e. The third-order valence-corrected chi connectivity index (χ3v) is 15.9. The van der Waals surface area contributed by atoms with Crippen LogP contribution in [-0.4, -0.2) is 0 Å². The Morgan fingerprint density at radius 3 is 1.47 bits per heavy atom. The molecule has 0 atom stereocenters. The van der Waals surface area contributed by atoms with Crippen molar-refractivity contribution in [1.29, 1.82) is 0 Å². The first-order valence-electron chi connectivity index (χ1n) is 24.0. The summed E-state index contributed by atoms with van der Waals surface area (Å²) in [4.78, 5) is 2.36. The van der Waals surface area contributed by atoms with E-state index < -0.39 is 5.41 Å². The van der Waals surface area contributed by atoms with Gasteiger partial charge in [-0.2, -0.15) is 0 Å². The van der Waals surface area contributed by atoms with E-state index in [2.05, 4.69) is 254 Å². The van der Waals surface area contributed by atoms with E-state index in [1.165, 1.54) is 75.8 Å². The molecule has 0 unspecified atom stereocenters. The molecular weight excluding hydrogens is 867 g/mol. The quantitative estimate of drug-likeness (QED) is 0.151. The predicted molar refractivity (Wildman–Crippen MR) is 295 cm³/mol. The fraction of sp³-hybridized carbons (Fsp3) is 0.0149. The summed E-state index contributed by atoms with van der Waals surface area (Å²) in [5.74, 6) is 0. The van der Waals surface area contributed by atoms with Crippen molar-refractivity contribution < 1.29 is 4.42 Å². The van der Waals surface area contributed by atoms with Crippen molar-refractivity contribution in [3.05, 3.63) is 283 Å². The molecule has 13 aromatic rings. The molecule has 70 heavy (non-hydrogen) atoms. The number of thiophene rings is 1. The second kappa shape index (κ2) is 16.2. The summed E-state index contributed by atoms with van der Waals surface area (Å²) in [6, 6.07) is 95.1. The lowest BCUT2D eigenvalue weighted by Gasteiger charge is -2.33. The summed E-state index contributed by atoms with van der Waals surface area (Å²) in [7, 11) is 0. The molecule has 0 radical (unpaired) electrons. The third kappa shape index (κ3) is 6.19. The highest BCUT2D eigenvalue weighted by Gasteiger charge is 2.46. The van der Waals surface area contributed by atoms with Crippen LogP contribution in [0, 0.1) is 0 Å². The number of furan rings is 1. The number of anilines is 3. The van der Waals surface area contributed by atoms with Gasteiger partial charge in [0.2, 0.25) is 0 Å². The highest BCUT2D eigenvalue weighted by Crippen LogP contribution is 2.59. The Bertz CT molecular complexity index is 4040. The lowest BCUT2D eigenvalue weighted by atomic mass is 9.68. The largest absolute Gasteiger partial charge is 0.455 e. The molecule has 1 aliphatic rings.